The number of piperazine rings is 1. The van der Waals surface area contributed by atoms with E-state index < -0.39 is 20.4 Å². The van der Waals surface area contributed by atoms with E-state index in [-0.39, 0.29) is 45.8 Å². The molecule has 0 atom stereocenters. The molecule has 1 saturated heterocycles. The monoisotopic (exact) mass is 608 g/mol. The predicted molar refractivity (Wildman–Crippen MR) is 142 cm³/mol. The summed E-state index contributed by atoms with van der Waals surface area (Å²) >= 11 is 0. The van der Waals surface area contributed by atoms with Crippen molar-refractivity contribution < 1.29 is 60.2 Å². The molecule has 2 N–H and O–H groups in total. The molecule has 1 fully saturated rings. The summed E-state index contributed by atoms with van der Waals surface area (Å²) in [5.41, 5.74) is 1.09. The van der Waals surface area contributed by atoms with Crippen molar-refractivity contribution in [3.8, 4) is 17.1 Å². The van der Waals surface area contributed by atoms with Crippen LogP contribution in [0.3, 0.4) is 0 Å². The van der Waals surface area contributed by atoms with Crippen LogP contribution in [0.25, 0.3) is 16.9 Å². The van der Waals surface area contributed by atoms with Crippen molar-refractivity contribution in [1.82, 2.24) is 28.8 Å². The molecule has 0 bridgehead atoms. The summed E-state index contributed by atoms with van der Waals surface area (Å²) in [5.74, 6) is 1.38. The third-order valence-corrected chi connectivity index (χ3v) is 8.03. The Morgan fingerprint density at radius 1 is 1.10 bits per heavy atom. The number of rotatable bonds is 8. The van der Waals surface area contributed by atoms with E-state index in [1.54, 1.807) is 29.6 Å². The molecule has 1 aliphatic rings. The molecule has 3 heterocycles. The summed E-state index contributed by atoms with van der Waals surface area (Å²) in [6, 6.07) is 4.72. The van der Waals surface area contributed by atoms with Crippen molar-refractivity contribution in [2.24, 2.45) is 0 Å². The summed E-state index contributed by atoms with van der Waals surface area (Å²) in [4.78, 5) is 22.6. The van der Waals surface area contributed by atoms with E-state index in [0.29, 0.717) is 67.6 Å². The van der Waals surface area contributed by atoms with Crippen molar-refractivity contribution >= 4 is 25.9 Å². The molecule has 0 radical (unpaired) electrons. The first kappa shape index (κ1) is 34.3. The van der Waals surface area contributed by atoms with Crippen LogP contribution in [0, 0.1) is 6.92 Å². The Bertz CT molecular complexity index is 1570. The predicted octanol–water partition coefficient (Wildman–Crippen LogP) is -1.92. The number of aromatic nitrogens is 4. The molecule has 0 unspecified atom stereocenters. The van der Waals surface area contributed by atoms with Crippen LogP contribution in [0.5, 0.6) is 5.75 Å². The Morgan fingerprint density at radius 2 is 1.73 bits per heavy atom. The van der Waals surface area contributed by atoms with Crippen molar-refractivity contribution in [2.45, 2.75) is 45.4 Å². The summed E-state index contributed by atoms with van der Waals surface area (Å²) in [6.45, 7) is 11.3. The number of hydrogen-bond acceptors (Lipinski definition) is 10. The van der Waals surface area contributed by atoms with Gasteiger partial charge in [0.25, 0.3) is 5.56 Å². The number of ether oxygens (including phenoxy) is 1. The quantitative estimate of drug-likeness (QED) is 0.165. The molecule has 0 spiro atoms. The second-order valence-electron chi connectivity index (χ2n) is 8.78. The third kappa shape index (κ3) is 8.33. The molecule has 4 rings (SSSR count). The zero-order chi connectivity index (χ0) is 29.0. The zero-order valence-corrected chi connectivity index (χ0v) is 26.9. The Hall–Kier alpha value is -1.89. The van der Waals surface area contributed by atoms with Gasteiger partial charge in [-0.15, -0.1) is 5.10 Å². The first-order chi connectivity index (χ1) is 18.3. The van der Waals surface area contributed by atoms with E-state index in [1.807, 2.05) is 13.8 Å². The molecule has 1 aliphatic heterocycles. The molecule has 17 heteroatoms. The third-order valence-electron chi connectivity index (χ3n) is 6.14. The van der Waals surface area contributed by atoms with E-state index in [9.17, 15) is 13.2 Å². The largest absolute Gasteiger partial charge is 1.00 e. The minimum atomic E-state index is -4.92. The number of nitrogens with zero attached hydrogens (tertiary/aromatic N) is 5. The number of H-pyrrole nitrogens is 1. The average Bonchev–Trinajstić information content (AvgIpc) is 3.19. The van der Waals surface area contributed by atoms with Gasteiger partial charge < -0.3 is 19.2 Å². The Kier molecular flexibility index (Phi) is 12.3. The van der Waals surface area contributed by atoms with Gasteiger partial charge in [0.2, 0.25) is 20.4 Å². The van der Waals surface area contributed by atoms with Gasteiger partial charge in [-0.1, -0.05) is 13.8 Å². The Labute approximate surface area is 255 Å². The number of benzene rings is 1. The van der Waals surface area contributed by atoms with Crippen LogP contribution in [0.4, 0.5) is 0 Å². The summed E-state index contributed by atoms with van der Waals surface area (Å²) < 4.78 is 68.5. The Morgan fingerprint density at radius 3 is 2.27 bits per heavy atom. The molecule has 0 saturated carbocycles. The van der Waals surface area contributed by atoms with Crippen LogP contribution < -0.4 is 39.9 Å². The van der Waals surface area contributed by atoms with Gasteiger partial charge in [-0.2, -0.15) is 4.31 Å². The fraction of sp³-hybridized carbons (Fsp3) is 0.522. The molecular weight excluding hydrogens is 575 g/mol. The van der Waals surface area contributed by atoms with Crippen LogP contribution in [0.15, 0.2) is 27.9 Å². The standard InChI is InChI=1S/C23H32N6O4S.Na.H2O4S/c1-5-8-20-24-16(4)21-23(30)25-22(26-29(20)21)18-15-17(9-10-19(18)33-7-3)34(31,32)28-13-11-27(6-2)12-14-28;;1-5(2,3)4/h9-10,15H,5-8,11-14H2,1-4H3,(H,25,26,30);;(H2,1,2,3,4)/q;+1;/p-1. The molecule has 1 aromatic carbocycles. The summed E-state index contributed by atoms with van der Waals surface area (Å²) in [6.07, 6.45) is 1.52. The van der Waals surface area contributed by atoms with Gasteiger partial charge in [0.1, 0.15) is 11.6 Å². The topological polar surface area (TPSA) is 190 Å². The van der Waals surface area contributed by atoms with Crippen LogP contribution in [0.1, 0.15) is 38.7 Å². The van der Waals surface area contributed by atoms with Gasteiger partial charge in [-0.3, -0.25) is 9.35 Å². The molecule has 0 amide bonds. The number of nitrogens with one attached hydrogen (secondary N) is 1. The maximum absolute atomic E-state index is 13.4. The second-order valence-corrected chi connectivity index (χ2v) is 11.6. The smallest absolute Gasteiger partial charge is 0.726 e. The van der Waals surface area contributed by atoms with Crippen LogP contribution in [-0.4, -0.2) is 94.1 Å². The molecule has 40 heavy (non-hydrogen) atoms. The fourth-order valence-electron chi connectivity index (χ4n) is 4.31. The van der Waals surface area contributed by atoms with Crippen molar-refractivity contribution in [3.05, 3.63) is 40.1 Å². The van der Waals surface area contributed by atoms with Gasteiger partial charge in [0.15, 0.2) is 11.3 Å². The average molecular weight is 609 g/mol. The minimum absolute atomic E-state index is 0. The SMILES string of the molecule is CCCc1nc(C)c2c(=O)[nH]c(-c3cc(S(=O)(=O)N4CCN(CC)CC4)ccc3OCC)nn12.O=S(=O)([O-])O.[Na+]. The maximum Gasteiger partial charge on any atom is 1.00 e. The van der Waals surface area contributed by atoms with Gasteiger partial charge in [0, 0.05) is 32.6 Å². The number of aryl methyl sites for hydroxylation is 2. The first-order valence-corrected chi connectivity index (χ1v) is 15.3. The number of sulfonamides is 1. The first-order valence-electron chi connectivity index (χ1n) is 12.5. The molecule has 2 aromatic heterocycles. The molecule has 3 aromatic rings. The molecule has 14 nitrogen and oxygen atoms in total. The zero-order valence-electron chi connectivity index (χ0n) is 23.2. The van der Waals surface area contributed by atoms with E-state index in [4.69, 9.17) is 22.3 Å². The minimum Gasteiger partial charge on any atom is -0.726 e. The molecule has 0 aliphatic carbocycles. The van der Waals surface area contributed by atoms with Crippen LogP contribution in [0.2, 0.25) is 0 Å². The second kappa shape index (κ2) is 14.3. The van der Waals surface area contributed by atoms with Gasteiger partial charge in [0.05, 0.1) is 22.8 Å². The van der Waals surface area contributed by atoms with Crippen molar-refractivity contribution in [2.75, 3.05) is 39.3 Å². The molecule has 216 valence electrons. The van der Waals surface area contributed by atoms with Gasteiger partial charge in [-0.05, 0) is 45.0 Å². The van der Waals surface area contributed by atoms with Crippen molar-refractivity contribution in [3.63, 3.8) is 0 Å². The van der Waals surface area contributed by atoms with Crippen LogP contribution >= 0.6 is 0 Å². The summed E-state index contributed by atoms with van der Waals surface area (Å²) in [5, 5.41) is 4.65. The maximum atomic E-state index is 13.4. The number of fused-ring (bicyclic) bond motifs is 1. The number of aromatic amines is 1. The van der Waals surface area contributed by atoms with E-state index in [2.05, 4.69) is 26.9 Å². The number of hydrogen-bond donors (Lipinski definition) is 2. The number of imidazole rings is 1. The van der Waals surface area contributed by atoms with Crippen molar-refractivity contribution in [1.29, 1.82) is 0 Å². The van der Waals surface area contributed by atoms with E-state index >= 15 is 0 Å². The van der Waals surface area contributed by atoms with E-state index in [0.717, 1.165) is 13.0 Å². The van der Waals surface area contributed by atoms with Gasteiger partial charge in [-0.25, -0.2) is 26.3 Å². The molecular formula is C23H33N6NaO8S2. The van der Waals surface area contributed by atoms with E-state index in [1.165, 1.54) is 4.31 Å². The summed E-state index contributed by atoms with van der Waals surface area (Å²) in [7, 11) is -8.63. The fourth-order valence-corrected chi connectivity index (χ4v) is 5.76. The van der Waals surface area contributed by atoms with Crippen LogP contribution in [-0.2, 0) is 26.8 Å². The normalized spacial score (nSPS) is 14.8. The van der Waals surface area contributed by atoms with Gasteiger partial charge >= 0.3 is 29.6 Å². The Balaban J connectivity index is 0.000000858. The number of likely N-dealkylation sites (N-methyl/N-ethyl adjacent to an activating group) is 1.